The van der Waals surface area contributed by atoms with Gasteiger partial charge in [0.05, 0.1) is 24.0 Å². The van der Waals surface area contributed by atoms with E-state index in [0.717, 1.165) is 11.1 Å². The second-order valence-corrected chi connectivity index (χ2v) is 7.29. The normalized spacial score (nSPS) is 28.6. The average Bonchev–Trinajstić information content (AvgIpc) is 2.90. The highest BCUT2D eigenvalue weighted by Gasteiger charge is 2.39. The molecule has 0 aromatic rings. The zero-order chi connectivity index (χ0) is 18.1. The third-order valence-corrected chi connectivity index (χ3v) is 4.83. The monoisotopic (exact) mass is 364 g/mol. The molecule has 2 amide bonds. The number of halogens is 1. The third kappa shape index (κ3) is 4.64. The molecule has 3 unspecified atom stereocenters. The summed E-state index contributed by atoms with van der Waals surface area (Å²) in [5, 5.41) is 2.29. The number of hydrogen-bond donors (Lipinski definition) is 2. The summed E-state index contributed by atoms with van der Waals surface area (Å²) in [5.74, 6) is -0.656. The van der Waals surface area contributed by atoms with Gasteiger partial charge >= 0.3 is 13.9 Å². The zero-order valence-corrected chi connectivity index (χ0v) is 14.7. The van der Waals surface area contributed by atoms with Crippen molar-refractivity contribution in [3.05, 3.63) is 24.3 Å². The molecule has 0 aromatic heterocycles. The molecule has 0 radical (unpaired) electrons. The molecule has 0 aromatic carbocycles. The van der Waals surface area contributed by atoms with Crippen LogP contribution >= 0.6 is 7.82 Å². The number of carbonyl (C=O) groups is 1. The molecule has 0 aliphatic carbocycles. The second kappa shape index (κ2) is 7.33. The number of allylic oxidation sites excluding steroid dienone is 1. The molecule has 0 saturated carbocycles. The van der Waals surface area contributed by atoms with Crippen LogP contribution in [0.1, 0.15) is 33.6 Å². The Balaban J connectivity index is 1.96. The molecule has 136 valence electrons. The number of urea groups is 1. The molecule has 0 bridgehead atoms. The number of rotatable bonds is 6. The predicted octanol–water partition coefficient (Wildman–Crippen LogP) is 2.77. The molecule has 2 rings (SSSR count). The minimum atomic E-state index is -4.20. The van der Waals surface area contributed by atoms with Crippen LogP contribution in [-0.4, -0.2) is 40.4 Å². The summed E-state index contributed by atoms with van der Waals surface area (Å²) in [5.41, 5.74) is -0.102. The Morgan fingerprint density at radius 2 is 2.12 bits per heavy atom. The summed E-state index contributed by atoms with van der Waals surface area (Å²) >= 11 is 0. The van der Waals surface area contributed by atoms with Gasteiger partial charge in [-0.1, -0.05) is 6.58 Å². The van der Waals surface area contributed by atoms with Crippen molar-refractivity contribution in [2.75, 3.05) is 0 Å². The van der Waals surface area contributed by atoms with Crippen molar-refractivity contribution in [3.63, 3.8) is 0 Å². The van der Waals surface area contributed by atoms with Gasteiger partial charge in [-0.05, 0) is 33.6 Å². The molecule has 1 saturated heterocycles. The van der Waals surface area contributed by atoms with Crippen LogP contribution in [0.25, 0.3) is 0 Å². The van der Waals surface area contributed by atoms with Crippen molar-refractivity contribution in [1.82, 2.24) is 10.2 Å². The summed E-state index contributed by atoms with van der Waals surface area (Å²) in [6.07, 6.45) is -0.482. The third-order valence-electron chi connectivity index (χ3n) is 3.54. The van der Waals surface area contributed by atoms with Crippen LogP contribution < -0.4 is 5.32 Å². The summed E-state index contributed by atoms with van der Waals surface area (Å²) in [6, 6.07) is -0.545. The standard InChI is InChI=1S/C14H22FN2O6P/c1-8(2)22-24(19,20)23-10(4)12-5-6-13(21-12)17-7-11(15)9(3)16-14(17)18/h7-8,10,12-13H,3,5-6H2,1-2,4H3,(H,16,18)(H,19,20)/t10-,12?,13?/m0/s1. The Kier molecular flexibility index (Phi) is 5.83. The van der Waals surface area contributed by atoms with Crippen molar-refractivity contribution < 1.29 is 32.4 Å². The van der Waals surface area contributed by atoms with Gasteiger partial charge in [-0.2, -0.15) is 0 Å². The molecular weight excluding hydrogens is 342 g/mol. The minimum Gasteiger partial charge on any atom is -0.352 e. The number of amides is 2. The molecular formula is C14H22FN2O6P. The van der Waals surface area contributed by atoms with Gasteiger partial charge in [0.2, 0.25) is 0 Å². The fourth-order valence-corrected chi connectivity index (χ4v) is 3.63. The molecule has 2 aliphatic rings. The van der Waals surface area contributed by atoms with Crippen LogP contribution in [0.15, 0.2) is 24.3 Å². The number of carbonyl (C=O) groups excluding carboxylic acids is 1. The Labute approximate surface area is 139 Å². The van der Waals surface area contributed by atoms with E-state index in [2.05, 4.69) is 11.9 Å². The molecule has 24 heavy (non-hydrogen) atoms. The lowest BCUT2D eigenvalue weighted by atomic mass is 10.1. The highest BCUT2D eigenvalue weighted by molar-refractivity contribution is 7.47. The van der Waals surface area contributed by atoms with E-state index in [1.54, 1.807) is 20.8 Å². The first-order valence-corrected chi connectivity index (χ1v) is 9.09. The van der Waals surface area contributed by atoms with Gasteiger partial charge in [0, 0.05) is 6.20 Å². The number of phosphoric acid groups is 1. The van der Waals surface area contributed by atoms with Crippen LogP contribution in [0.5, 0.6) is 0 Å². The van der Waals surface area contributed by atoms with Gasteiger partial charge in [0.15, 0.2) is 5.83 Å². The van der Waals surface area contributed by atoms with Gasteiger partial charge in [-0.15, -0.1) is 0 Å². The fourth-order valence-electron chi connectivity index (χ4n) is 2.49. The van der Waals surface area contributed by atoms with E-state index in [-0.39, 0.29) is 5.70 Å². The van der Waals surface area contributed by atoms with E-state index in [0.29, 0.717) is 12.8 Å². The molecule has 10 heteroatoms. The maximum Gasteiger partial charge on any atom is 0.472 e. The first-order valence-electron chi connectivity index (χ1n) is 7.60. The quantitative estimate of drug-likeness (QED) is 0.704. The Morgan fingerprint density at radius 1 is 1.46 bits per heavy atom. The number of phosphoric ester groups is 1. The Morgan fingerprint density at radius 3 is 2.75 bits per heavy atom. The SMILES string of the molecule is C=C1NC(=O)N(C2CCC([C@H](C)OP(=O)(O)OC(C)C)O2)C=C1F. The van der Waals surface area contributed by atoms with Gasteiger partial charge < -0.3 is 14.9 Å². The van der Waals surface area contributed by atoms with Crippen LogP contribution in [0.3, 0.4) is 0 Å². The molecule has 4 atom stereocenters. The highest BCUT2D eigenvalue weighted by atomic mass is 31.2. The lowest BCUT2D eigenvalue weighted by molar-refractivity contribution is -0.0641. The van der Waals surface area contributed by atoms with E-state index in [4.69, 9.17) is 13.8 Å². The fraction of sp³-hybridized carbons (Fsp3) is 0.643. The first kappa shape index (κ1) is 19.1. The predicted molar refractivity (Wildman–Crippen MR) is 83.2 cm³/mol. The molecule has 1 fully saturated rings. The van der Waals surface area contributed by atoms with Crippen molar-refractivity contribution in [1.29, 1.82) is 0 Å². The van der Waals surface area contributed by atoms with E-state index in [1.165, 1.54) is 0 Å². The lowest BCUT2D eigenvalue weighted by Gasteiger charge is -2.30. The first-order chi connectivity index (χ1) is 11.1. The summed E-state index contributed by atoms with van der Waals surface area (Å²) in [7, 11) is -4.20. The maximum atomic E-state index is 13.6. The van der Waals surface area contributed by atoms with Crippen molar-refractivity contribution in [2.45, 2.75) is 58.2 Å². The summed E-state index contributed by atoms with van der Waals surface area (Å²) in [4.78, 5) is 22.6. The summed E-state index contributed by atoms with van der Waals surface area (Å²) in [6.45, 7) is 8.18. The number of hydrogen-bond acceptors (Lipinski definition) is 5. The largest absolute Gasteiger partial charge is 0.472 e. The zero-order valence-electron chi connectivity index (χ0n) is 13.8. The molecule has 8 nitrogen and oxygen atoms in total. The van der Waals surface area contributed by atoms with Crippen LogP contribution in [0.2, 0.25) is 0 Å². The van der Waals surface area contributed by atoms with E-state index >= 15 is 0 Å². The minimum absolute atomic E-state index is 0.102. The van der Waals surface area contributed by atoms with Gasteiger partial charge in [-0.25, -0.2) is 13.8 Å². The number of nitrogens with zero attached hydrogens (tertiary/aromatic N) is 1. The Hall–Kier alpha value is -1.25. The van der Waals surface area contributed by atoms with E-state index < -0.39 is 44.2 Å². The molecule has 2 N–H and O–H groups in total. The Bertz CT molecular complexity index is 596. The molecule has 2 heterocycles. The van der Waals surface area contributed by atoms with Gasteiger partial charge in [-0.3, -0.25) is 13.9 Å². The van der Waals surface area contributed by atoms with Crippen LogP contribution in [-0.2, 0) is 18.3 Å². The van der Waals surface area contributed by atoms with Crippen molar-refractivity contribution in [3.8, 4) is 0 Å². The molecule has 0 spiro atoms. The maximum absolute atomic E-state index is 13.6. The van der Waals surface area contributed by atoms with Crippen LogP contribution in [0.4, 0.5) is 9.18 Å². The second-order valence-electron chi connectivity index (χ2n) is 5.93. The van der Waals surface area contributed by atoms with Crippen molar-refractivity contribution >= 4 is 13.9 Å². The van der Waals surface area contributed by atoms with E-state index in [1.807, 2.05) is 0 Å². The topological polar surface area (TPSA) is 97.3 Å². The number of nitrogens with one attached hydrogen (secondary N) is 1. The van der Waals surface area contributed by atoms with Crippen LogP contribution in [0, 0.1) is 0 Å². The average molecular weight is 364 g/mol. The smallest absolute Gasteiger partial charge is 0.352 e. The summed E-state index contributed by atoms with van der Waals surface area (Å²) < 4.78 is 41.0. The van der Waals surface area contributed by atoms with Gasteiger partial charge in [0.1, 0.15) is 6.23 Å². The molecule has 2 aliphatic heterocycles. The van der Waals surface area contributed by atoms with Gasteiger partial charge in [0.25, 0.3) is 0 Å². The van der Waals surface area contributed by atoms with Crippen molar-refractivity contribution in [2.24, 2.45) is 0 Å². The highest BCUT2D eigenvalue weighted by Crippen LogP contribution is 2.47. The lowest BCUT2D eigenvalue weighted by Crippen LogP contribution is -2.46. The number of ether oxygens (including phenoxy) is 1. The van der Waals surface area contributed by atoms with E-state index in [9.17, 15) is 18.6 Å².